The van der Waals surface area contributed by atoms with Crippen LogP contribution in [0.3, 0.4) is 0 Å². The number of piperazine rings is 1. The molecule has 1 aromatic heterocycles. The Labute approximate surface area is 190 Å². The molecule has 1 saturated heterocycles. The standard InChI is InChI=1S/C23H23N5O5/c1-32-20-14-18(19(28(30)31)15-21(20)33-16-17-6-3-2-4-7-17)22(29)26-10-12-27(13-11-26)23-24-8-5-9-25-23/h2-9,14-15H,10-13,16H2,1H3. The highest BCUT2D eigenvalue weighted by atomic mass is 16.6. The fraction of sp³-hybridized carbons (Fsp3) is 0.261. The normalized spacial score (nSPS) is 13.5. The summed E-state index contributed by atoms with van der Waals surface area (Å²) in [5.74, 6) is 0.632. The van der Waals surface area contributed by atoms with Gasteiger partial charge >= 0.3 is 0 Å². The number of nitrogens with zero attached hydrogens (tertiary/aromatic N) is 5. The molecule has 2 aromatic carbocycles. The average molecular weight is 449 g/mol. The maximum atomic E-state index is 13.2. The van der Waals surface area contributed by atoms with E-state index in [4.69, 9.17) is 9.47 Å². The number of carbonyl (C=O) groups excluding carboxylic acids is 1. The van der Waals surface area contributed by atoms with Crippen molar-refractivity contribution in [3.63, 3.8) is 0 Å². The highest BCUT2D eigenvalue weighted by Crippen LogP contribution is 2.36. The maximum Gasteiger partial charge on any atom is 0.286 e. The van der Waals surface area contributed by atoms with E-state index in [1.54, 1.807) is 23.4 Å². The molecule has 3 aromatic rings. The lowest BCUT2D eigenvalue weighted by atomic mass is 10.1. The Balaban J connectivity index is 1.52. The number of benzene rings is 2. The van der Waals surface area contributed by atoms with Crippen molar-refractivity contribution in [1.29, 1.82) is 0 Å². The first-order valence-electron chi connectivity index (χ1n) is 10.4. The van der Waals surface area contributed by atoms with Gasteiger partial charge in [-0.15, -0.1) is 0 Å². The molecule has 0 atom stereocenters. The van der Waals surface area contributed by atoms with Crippen LogP contribution in [0.25, 0.3) is 0 Å². The van der Waals surface area contributed by atoms with E-state index in [2.05, 4.69) is 9.97 Å². The largest absolute Gasteiger partial charge is 0.493 e. The monoisotopic (exact) mass is 449 g/mol. The minimum Gasteiger partial charge on any atom is -0.493 e. The number of anilines is 1. The van der Waals surface area contributed by atoms with Crippen LogP contribution in [0.2, 0.25) is 0 Å². The summed E-state index contributed by atoms with van der Waals surface area (Å²) in [6, 6.07) is 13.8. The van der Waals surface area contributed by atoms with E-state index < -0.39 is 10.8 Å². The summed E-state index contributed by atoms with van der Waals surface area (Å²) in [5, 5.41) is 11.8. The Morgan fingerprint density at radius 1 is 1.03 bits per heavy atom. The molecule has 10 nitrogen and oxygen atoms in total. The molecular weight excluding hydrogens is 426 g/mol. The first-order chi connectivity index (χ1) is 16.1. The van der Waals surface area contributed by atoms with Crippen LogP contribution >= 0.6 is 0 Å². The van der Waals surface area contributed by atoms with E-state index in [0.717, 1.165) is 5.56 Å². The Hall–Kier alpha value is -4.21. The SMILES string of the molecule is COc1cc(C(=O)N2CCN(c3ncccn3)CC2)c([N+](=O)[O-])cc1OCc1ccccc1. The van der Waals surface area contributed by atoms with Crippen molar-refractivity contribution in [2.45, 2.75) is 6.61 Å². The number of aromatic nitrogens is 2. The van der Waals surface area contributed by atoms with Crippen LogP contribution in [-0.4, -0.2) is 59.0 Å². The Morgan fingerprint density at radius 2 is 1.73 bits per heavy atom. The number of ether oxygens (including phenoxy) is 2. The van der Waals surface area contributed by atoms with Gasteiger partial charge in [0.25, 0.3) is 11.6 Å². The number of rotatable bonds is 7. The van der Waals surface area contributed by atoms with Gasteiger partial charge in [0, 0.05) is 44.6 Å². The summed E-state index contributed by atoms with van der Waals surface area (Å²) in [4.78, 5) is 36.4. The zero-order chi connectivity index (χ0) is 23.2. The summed E-state index contributed by atoms with van der Waals surface area (Å²) in [5.41, 5.74) is 0.550. The fourth-order valence-corrected chi connectivity index (χ4v) is 3.61. The number of nitro benzene ring substituents is 1. The second-order valence-electron chi connectivity index (χ2n) is 7.38. The number of amides is 1. The molecule has 0 bridgehead atoms. The van der Waals surface area contributed by atoms with Crippen LogP contribution in [0.15, 0.2) is 60.9 Å². The summed E-state index contributed by atoms with van der Waals surface area (Å²) in [6.07, 6.45) is 3.33. The van der Waals surface area contributed by atoms with Gasteiger partial charge in [0.15, 0.2) is 11.5 Å². The summed E-state index contributed by atoms with van der Waals surface area (Å²) in [7, 11) is 1.43. The van der Waals surface area contributed by atoms with Gasteiger partial charge in [-0.1, -0.05) is 30.3 Å². The lowest BCUT2D eigenvalue weighted by Gasteiger charge is -2.34. The quantitative estimate of drug-likeness (QED) is 0.400. The lowest BCUT2D eigenvalue weighted by Crippen LogP contribution is -2.49. The molecule has 1 aliphatic rings. The number of methoxy groups -OCH3 is 1. The molecule has 0 aliphatic carbocycles. The molecule has 0 unspecified atom stereocenters. The molecule has 1 aliphatic heterocycles. The van der Waals surface area contributed by atoms with Crippen LogP contribution in [-0.2, 0) is 6.61 Å². The Bertz CT molecular complexity index is 1120. The summed E-state index contributed by atoms with van der Waals surface area (Å²) < 4.78 is 11.2. The van der Waals surface area contributed by atoms with Gasteiger partial charge in [-0.3, -0.25) is 14.9 Å². The fourth-order valence-electron chi connectivity index (χ4n) is 3.61. The third kappa shape index (κ3) is 5.00. The predicted molar refractivity (Wildman–Crippen MR) is 121 cm³/mol. The van der Waals surface area contributed by atoms with Crippen molar-refractivity contribution in [3.05, 3.63) is 82.2 Å². The molecule has 33 heavy (non-hydrogen) atoms. The van der Waals surface area contributed by atoms with E-state index in [0.29, 0.717) is 32.1 Å². The highest BCUT2D eigenvalue weighted by molar-refractivity contribution is 5.99. The van der Waals surface area contributed by atoms with E-state index in [9.17, 15) is 14.9 Å². The van der Waals surface area contributed by atoms with Crippen LogP contribution in [0.4, 0.5) is 11.6 Å². The number of carbonyl (C=O) groups is 1. The smallest absolute Gasteiger partial charge is 0.286 e. The van der Waals surface area contributed by atoms with E-state index in [1.165, 1.54) is 19.2 Å². The first kappa shape index (κ1) is 22.0. The van der Waals surface area contributed by atoms with Gasteiger partial charge in [-0.05, 0) is 11.6 Å². The molecule has 1 fully saturated rings. The Morgan fingerprint density at radius 3 is 2.36 bits per heavy atom. The second kappa shape index (κ2) is 9.94. The van der Waals surface area contributed by atoms with Crippen molar-refractivity contribution in [3.8, 4) is 11.5 Å². The zero-order valence-electron chi connectivity index (χ0n) is 18.1. The minimum atomic E-state index is -0.573. The van der Waals surface area contributed by atoms with Gasteiger partial charge in [-0.25, -0.2) is 9.97 Å². The van der Waals surface area contributed by atoms with Crippen molar-refractivity contribution < 1.29 is 19.2 Å². The number of hydrogen-bond donors (Lipinski definition) is 0. The van der Waals surface area contributed by atoms with Crippen LogP contribution in [0.1, 0.15) is 15.9 Å². The van der Waals surface area contributed by atoms with Gasteiger partial charge < -0.3 is 19.3 Å². The van der Waals surface area contributed by atoms with Gasteiger partial charge in [0.1, 0.15) is 12.2 Å². The highest BCUT2D eigenvalue weighted by Gasteiger charge is 2.30. The zero-order valence-corrected chi connectivity index (χ0v) is 18.1. The second-order valence-corrected chi connectivity index (χ2v) is 7.38. The van der Waals surface area contributed by atoms with E-state index >= 15 is 0 Å². The van der Waals surface area contributed by atoms with Gasteiger partial charge in [0.2, 0.25) is 5.95 Å². The maximum absolute atomic E-state index is 13.2. The van der Waals surface area contributed by atoms with Crippen molar-refractivity contribution >= 4 is 17.5 Å². The predicted octanol–water partition coefficient (Wildman–Crippen LogP) is 2.93. The molecule has 0 saturated carbocycles. The van der Waals surface area contributed by atoms with Gasteiger partial charge in [0.05, 0.1) is 18.1 Å². The average Bonchev–Trinajstić information content (AvgIpc) is 2.87. The molecule has 10 heteroatoms. The van der Waals surface area contributed by atoms with E-state index in [-0.39, 0.29) is 29.4 Å². The van der Waals surface area contributed by atoms with E-state index in [1.807, 2.05) is 35.2 Å². The summed E-state index contributed by atoms with van der Waals surface area (Å²) >= 11 is 0. The molecule has 4 rings (SSSR count). The molecule has 2 heterocycles. The number of hydrogen-bond acceptors (Lipinski definition) is 8. The molecule has 0 radical (unpaired) electrons. The molecule has 0 spiro atoms. The summed E-state index contributed by atoms with van der Waals surface area (Å²) in [6.45, 7) is 2.05. The molecule has 0 N–H and O–H groups in total. The third-order valence-corrected chi connectivity index (χ3v) is 5.35. The Kier molecular flexibility index (Phi) is 6.63. The minimum absolute atomic E-state index is 0.0340. The molecular formula is C23H23N5O5. The van der Waals surface area contributed by atoms with Crippen LogP contribution in [0.5, 0.6) is 11.5 Å². The molecule has 1 amide bonds. The number of nitro groups is 1. The van der Waals surface area contributed by atoms with Crippen LogP contribution < -0.4 is 14.4 Å². The third-order valence-electron chi connectivity index (χ3n) is 5.35. The van der Waals surface area contributed by atoms with Crippen molar-refractivity contribution in [2.75, 3.05) is 38.2 Å². The lowest BCUT2D eigenvalue weighted by molar-refractivity contribution is -0.385. The van der Waals surface area contributed by atoms with Crippen molar-refractivity contribution in [2.24, 2.45) is 0 Å². The van der Waals surface area contributed by atoms with Crippen LogP contribution in [0, 0.1) is 10.1 Å². The van der Waals surface area contributed by atoms with Crippen molar-refractivity contribution in [1.82, 2.24) is 14.9 Å². The van der Waals surface area contributed by atoms with Gasteiger partial charge in [-0.2, -0.15) is 0 Å². The molecule has 170 valence electrons. The topological polar surface area (TPSA) is 111 Å². The first-order valence-corrected chi connectivity index (χ1v) is 10.4.